The van der Waals surface area contributed by atoms with Gasteiger partial charge in [-0.15, -0.1) is 0 Å². The van der Waals surface area contributed by atoms with E-state index < -0.39 is 0 Å². The lowest BCUT2D eigenvalue weighted by Crippen LogP contribution is -2.03. The highest BCUT2D eigenvalue weighted by molar-refractivity contribution is 5.48. The number of nitrogens with one attached hydrogen (secondary N) is 1. The highest BCUT2D eigenvalue weighted by Gasteiger charge is 2.11. The largest absolute Gasteiger partial charge is 0.481 e. The fourth-order valence-corrected chi connectivity index (χ4v) is 1.67. The van der Waals surface area contributed by atoms with Crippen molar-refractivity contribution in [2.24, 2.45) is 0 Å². The van der Waals surface area contributed by atoms with E-state index >= 15 is 0 Å². The molecule has 1 heterocycles. The summed E-state index contributed by atoms with van der Waals surface area (Å²) in [5.41, 5.74) is 1.53. The normalized spacial score (nSPS) is 9.95. The zero-order valence-corrected chi connectivity index (χ0v) is 10.4. The number of hydrogen-bond donors (Lipinski definition) is 1. The van der Waals surface area contributed by atoms with Crippen molar-refractivity contribution in [1.82, 2.24) is 4.98 Å². The lowest BCUT2D eigenvalue weighted by atomic mass is 10.2. The van der Waals surface area contributed by atoms with E-state index in [1.54, 1.807) is 36.5 Å². The lowest BCUT2D eigenvalue weighted by molar-refractivity contribution is -0.385. The van der Waals surface area contributed by atoms with Crippen LogP contribution in [-0.2, 0) is 6.54 Å². The molecule has 98 valence electrons. The summed E-state index contributed by atoms with van der Waals surface area (Å²) in [7, 11) is 1.54. The van der Waals surface area contributed by atoms with Gasteiger partial charge in [-0.2, -0.15) is 0 Å². The van der Waals surface area contributed by atoms with Crippen LogP contribution in [0.4, 0.5) is 11.4 Å². The van der Waals surface area contributed by atoms with Gasteiger partial charge < -0.3 is 10.1 Å². The molecule has 0 aliphatic rings. The SMILES string of the molecule is COc1cc(NCc2ccccc2[N+](=O)[O-])ccn1. The van der Waals surface area contributed by atoms with E-state index in [1.165, 1.54) is 13.2 Å². The molecule has 0 aliphatic heterocycles. The number of hydrogen-bond acceptors (Lipinski definition) is 5. The summed E-state index contributed by atoms with van der Waals surface area (Å²) in [5, 5.41) is 14.0. The third-order valence-corrected chi connectivity index (χ3v) is 2.62. The number of ether oxygens (including phenoxy) is 1. The Labute approximate surface area is 110 Å². The third-order valence-electron chi connectivity index (χ3n) is 2.62. The molecule has 0 saturated heterocycles. The minimum absolute atomic E-state index is 0.107. The van der Waals surface area contributed by atoms with Gasteiger partial charge >= 0.3 is 0 Å². The molecule has 0 unspecified atom stereocenters. The number of anilines is 1. The second kappa shape index (κ2) is 5.81. The summed E-state index contributed by atoms with van der Waals surface area (Å²) in [6, 6.07) is 10.1. The number of pyridine rings is 1. The van der Waals surface area contributed by atoms with Gasteiger partial charge in [0.25, 0.3) is 5.69 Å². The Hall–Kier alpha value is -2.63. The number of benzene rings is 1. The van der Waals surface area contributed by atoms with Gasteiger partial charge in [-0.05, 0) is 6.07 Å². The minimum Gasteiger partial charge on any atom is -0.481 e. The molecule has 0 spiro atoms. The van der Waals surface area contributed by atoms with Crippen LogP contribution in [0.3, 0.4) is 0 Å². The summed E-state index contributed by atoms with van der Waals surface area (Å²) in [6.07, 6.45) is 1.61. The maximum Gasteiger partial charge on any atom is 0.274 e. The molecule has 6 nitrogen and oxygen atoms in total. The number of aromatic nitrogens is 1. The van der Waals surface area contributed by atoms with Gasteiger partial charge in [0.15, 0.2) is 0 Å². The van der Waals surface area contributed by atoms with Crippen LogP contribution in [-0.4, -0.2) is 17.0 Å². The molecule has 0 aliphatic carbocycles. The summed E-state index contributed by atoms with van der Waals surface area (Å²) < 4.78 is 5.01. The molecule has 0 atom stereocenters. The number of para-hydroxylation sites is 1. The first-order chi connectivity index (χ1) is 9.20. The molecule has 0 radical (unpaired) electrons. The van der Waals surface area contributed by atoms with Crippen molar-refractivity contribution in [1.29, 1.82) is 0 Å². The fraction of sp³-hybridized carbons (Fsp3) is 0.154. The van der Waals surface area contributed by atoms with Gasteiger partial charge in [0, 0.05) is 36.1 Å². The summed E-state index contributed by atoms with van der Waals surface area (Å²) >= 11 is 0. The molecule has 1 N–H and O–H groups in total. The number of nitro benzene ring substituents is 1. The zero-order chi connectivity index (χ0) is 13.7. The molecular weight excluding hydrogens is 246 g/mol. The molecule has 1 aromatic heterocycles. The molecule has 6 heteroatoms. The highest BCUT2D eigenvalue weighted by atomic mass is 16.6. The van der Waals surface area contributed by atoms with E-state index in [2.05, 4.69) is 10.3 Å². The molecule has 0 bridgehead atoms. The number of nitro groups is 1. The molecule has 19 heavy (non-hydrogen) atoms. The Morgan fingerprint density at radius 2 is 2.16 bits per heavy atom. The van der Waals surface area contributed by atoms with Crippen molar-refractivity contribution < 1.29 is 9.66 Å². The lowest BCUT2D eigenvalue weighted by Gasteiger charge is -2.07. The summed E-state index contributed by atoms with van der Waals surface area (Å²) in [5.74, 6) is 0.493. The second-order valence-corrected chi connectivity index (χ2v) is 3.83. The third kappa shape index (κ3) is 3.19. The first-order valence-electron chi connectivity index (χ1n) is 5.67. The Kier molecular flexibility index (Phi) is 3.92. The van der Waals surface area contributed by atoms with E-state index in [0.29, 0.717) is 18.0 Å². The van der Waals surface area contributed by atoms with E-state index in [-0.39, 0.29) is 10.6 Å². The molecule has 2 aromatic rings. The van der Waals surface area contributed by atoms with E-state index in [9.17, 15) is 10.1 Å². The van der Waals surface area contributed by atoms with Gasteiger partial charge in [-0.1, -0.05) is 18.2 Å². The maximum absolute atomic E-state index is 10.9. The van der Waals surface area contributed by atoms with Gasteiger partial charge in [0.2, 0.25) is 5.88 Å². The Balaban J connectivity index is 2.12. The monoisotopic (exact) mass is 259 g/mol. The smallest absolute Gasteiger partial charge is 0.274 e. The van der Waals surface area contributed by atoms with E-state index in [1.807, 2.05) is 0 Å². The average Bonchev–Trinajstić information content (AvgIpc) is 2.45. The Morgan fingerprint density at radius 1 is 1.37 bits per heavy atom. The van der Waals surface area contributed by atoms with Crippen molar-refractivity contribution in [3.05, 3.63) is 58.3 Å². The predicted octanol–water partition coefficient (Wildman–Crippen LogP) is 2.61. The van der Waals surface area contributed by atoms with E-state index in [4.69, 9.17) is 4.74 Å². The van der Waals surface area contributed by atoms with Crippen LogP contribution in [0.2, 0.25) is 0 Å². The second-order valence-electron chi connectivity index (χ2n) is 3.83. The number of nitrogens with zero attached hydrogens (tertiary/aromatic N) is 2. The molecule has 0 saturated carbocycles. The van der Waals surface area contributed by atoms with Crippen LogP contribution < -0.4 is 10.1 Å². The van der Waals surface area contributed by atoms with E-state index in [0.717, 1.165) is 5.69 Å². The maximum atomic E-state index is 10.9. The van der Waals surface area contributed by atoms with Crippen LogP contribution in [0.15, 0.2) is 42.6 Å². The van der Waals surface area contributed by atoms with Crippen LogP contribution in [0.1, 0.15) is 5.56 Å². The summed E-state index contributed by atoms with van der Waals surface area (Å²) in [6.45, 7) is 0.365. The Morgan fingerprint density at radius 3 is 2.89 bits per heavy atom. The minimum atomic E-state index is -0.385. The Bertz CT molecular complexity index is 587. The highest BCUT2D eigenvalue weighted by Crippen LogP contribution is 2.20. The van der Waals surface area contributed by atoms with Gasteiger partial charge in [0.1, 0.15) is 0 Å². The van der Waals surface area contributed by atoms with Crippen molar-refractivity contribution in [3.8, 4) is 5.88 Å². The van der Waals surface area contributed by atoms with Crippen LogP contribution >= 0.6 is 0 Å². The topological polar surface area (TPSA) is 77.3 Å². The molecule has 0 amide bonds. The molecule has 0 fully saturated rings. The van der Waals surface area contributed by atoms with Crippen LogP contribution in [0.25, 0.3) is 0 Å². The van der Waals surface area contributed by atoms with Crippen molar-refractivity contribution >= 4 is 11.4 Å². The predicted molar refractivity (Wildman–Crippen MR) is 71.2 cm³/mol. The van der Waals surface area contributed by atoms with Crippen LogP contribution in [0, 0.1) is 10.1 Å². The fourth-order valence-electron chi connectivity index (χ4n) is 1.67. The summed E-state index contributed by atoms with van der Waals surface area (Å²) in [4.78, 5) is 14.5. The first-order valence-corrected chi connectivity index (χ1v) is 5.67. The molecule has 2 rings (SSSR count). The van der Waals surface area contributed by atoms with Gasteiger partial charge in [-0.25, -0.2) is 4.98 Å². The average molecular weight is 259 g/mol. The molecule has 1 aromatic carbocycles. The first kappa shape index (κ1) is 12.8. The quantitative estimate of drug-likeness (QED) is 0.659. The number of rotatable bonds is 5. The van der Waals surface area contributed by atoms with Crippen molar-refractivity contribution in [3.63, 3.8) is 0 Å². The van der Waals surface area contributed by atoms with Crippen molar-refractivity contribution in [2.75, 3.05) is 12.4 Å². The van der Waals surface area contributed by atoms with Crippen molar-refractivity contribution in [2.45, 2.75) is 6.54 Å². The van der Waals surface area contributed by atoms with Gasteiger partial charge in [-0.3, -0.25) is 10.1 Å². The van der Waals surface area contributed by atoms with Gasteiger partial charge in [0.05, 0.1) is 12.0 Å². The molecular formula is C13H13N3O3. The number of methoxy groups -OCH3 is 1. The van der Waals surface area contributed by atoms with Crippen LogP contribution in [0.5, 0.6) is 5.88 Å². The zero-order valence-electron chi connectivity index (χ0n) is 10.4. The standard InChI is InChI=1S/C13H13N3O3/c1-19-13-8-11(6-7-14-13)15-9-10-4-2-3-5-12(10)16(17)18/h2-8H,9H2,1H3,(H,14,15).